The van der Waals surface area contributed by atoms with Crippen LogP contribution < -0.4 is 10.1 Å². The fourth-order valence-corrected chi connectivity index (χ4v) is 4.77. The van der Waals surface area contributed by atoms with Crippen LogP contribution in [0.5, 0.6) is 5.75 Å². The van der Waals surface area contributed by atoms with E-state index < -0.39 is 49.3 Å². The molecule has 222 valence electrons. The minimum atomic E-state index is -4.58. The third kappa shape index (κ3) is 8.04. The van der Waals surface area contributed by atoms with Gasteiger partial charge >= 0.3 is 18.8 Å². The number of aliphatic carboxylic acids is 1. The maximum atomic E-state index is 13.9. The van der Waals surface area contributed by atoms with Gasteiger partial charge in [0.15, 0.2) is 5.75 Å². The number of carboxylic acid groups (broad SMARTS) is 1. The van der Waals surface area contributed by atoms with Crippen molar-refractivity contribution in [1.82, 2.24) is 14.7 Å². The van der Waals surface area contributed by atoms with E-state index in [1.807, 2.05) is 13.8 Å². The third-order valence-corrected chi connectivity index (χ3v) is 6.83. The Bertz CT molecular complexity index is 1170. The van der Waals surface area contributed by atoms with Crippen LogP contribution in [0.2, 0.25) is 5.02 Å². The topological polar surface area (TPSA) is 106 Å². The number of hydrogen-bond acceptors (Lipinski definition) is 6. The van der Waals surface area contributed by atoms with Crippen LogP contribution >= 0.6 is 11.6 Å². The molecule has 3 rings (SSSR count). The first-order chi connectivity index (χ1) is 18.7. The number of anilines is 1. The van der Waals surface area contributed by atoms with Crippen molar-refractivity contribution in [3.8, 4) is 5.75 Å². The molecule has 1 fully saturated rings. The number of nitrogens with zero attached hydrogens (tertiary/aromatic N) is 3. The van der Waals surface area contributed by atoms with Gasteiger partial charge in [-0.3, -0.25) is 14.3 Å². The molecule has 0 saturated carbocycles. The number of halogens is 6. The van der Waals surface area contributed by atoms with E-state index in [0.29, 0.717) is 0 Å². The molecule has 1 aromatic carbocycles. The second kappa shape index (κ2) is 13.1. The van der Waals surface area contributed by atoms with E-state index >= 15 is 0 Å². The SMILES string of the molecule is CC(C)c1ccnn1C1(C(=O)Nc2ccc(Cl)cc2OC(F)F)CCN(C[C@@H](COCC(F)(F)F)C(=O)O)CC1. The molecule has 1 saturated heterocycles. The largest absolute Gasteiger partial charge is 0.481 e. The van der Waals surface area contributed by atoms with Gasteiger partial charge in [0.1, 0.15) is 12.1 Å². The lowest BCUT2D eigenvalue weighted by Crippen LogP contribution is -2.55. The fraction of sp³-hybridized carbons (Fsp3) is 0.560. The number of carbonyl (C=O) groups excluding carboxylic acids is 1. The highest BCUT2D eigenvalue weighted by Crippen LogP contribution is 2.37. The fourth-order valence-electron chi connectivity index (χ4n) is 4.61. The normalized spacial score (nSPS) is 16.8. The lowest BCUT2D eigenvalue weighted by Gasteiger charge is -2.42. The highest BCUT2D eigenvalue weighted by atomic mass is 35.5. The van der Waals surface area contributed by atoms with Crippen LogP contribution in [-0.4, -0.2) is 77.3 Å². The molecule has 1 aliphatic rings. The molecule has 40 heavy (non-hydrogen) atoms. The molecule has 0 unspecified atom stereocenters. The van der Waals surface area contributed by atoms with Crippen LogP contribution in [0.25, 0.3) is 0 Å². The predicted octanol–water partition coefficient (Wildman–Crippen LogP) is 4.97. The van der Waals surface area contributed by atoms with Crippen molar-refractivity contribution >= 4 is 29.2 Å². The van der Waals surface area contributed by atoms with E-state index in [4.69, 9.17) is 11.6 Å². The molecule has 0 radical (unpaired) electrons. The van der Waals surface area contributed by atoms with Crippen LogP contribution in [0.3, 0.4) is 0 Å². The smallest absolute Gasteiger partial charge is 0.411 e. The zero-order valence-electron chi connectivity index (χ0n) is 21.8. The molecular formula is C25H30ClF5N4O5. The number of nitrogens with one attached hydrogen (secondary N) is 1. The molecule has 2 aromatic rings. The highest BCUT2D eigenvalue weighted by molar-refractivity contribution is 6.30. The molecule has 1 atom stereocenters. The Kier molecular flexibility index (Phi) is 10.4. The van der Waals surface area contributed by atoms with E-state index in [1.165, 1.54) is 12.1 Å². The van der Waals surface area contributed by atoms with Gasteiger partial charge in [0, 0.05) is 42.6 Å². The van der Waals surface area contributed by atoms with Crippen molar-refractivity contribution in [3.63, 3.8) is 0 Å². The summed E-state index contributed by atoms with van der Waals surface area (Å²) in [4.78, 5) is 27.3. The number of amides is 1. The monoisotopic (exact) mass is 596 g/mol. The van der Waals surface area contributed by atoms with Gasteiger partial charge in [0.05, 0.1) is 18.2 Å². The molecular weight excluding hydrogens is 567 g/mol. The molecule has 1 amide bonds. The van der Waals surface area contributed by atoms with Gasteiger partial charge in [0.25, 0.3) is 5.91 Å². The summed E-state index contributed by atoms with van der Waals surface area (Å²) in [6, 6.07) is 5.66. The summed E-state index contributed by atoms with van der Waals surface area (Å²) in [5.41, 5.74) is -0.567. The molecule has 9 nitrogen and oxygen atoms in total. The van der Waals surface area contributed by atoms with Crippen LogP contribution in [0.4, 0.5) is 27.6 Å². The van der Waals surface area contributed by atoms with Crippen molar-refractivity contribution in [2.45, 2.75) is 50.9 Å². The molecule has 1 aliphatic heterocycles. The predicted molar refractivity (Wildman–Crippen MR) is 135 cm³/mol. The Morgan fingerprint density at radius 2 is 1.88 bits per heavy atom. The lowest BCUT2D eigenvalue weighted by atomic mass is 9.85. The molecule has 15 heteroatoms. The van der Waals surface area contributed by atoms with Gasteiger partial charge in [-0.1, -0.05) is 25.4 Å². The van der Waals surface area contributed by atoms with Gasteiger partial charge in [-0.15, -0.1) is 0 Å². The molecule has 1 aromatic heterocycles. The second-order valence-electron chi connectivity index (χ2n) is 9.79. The summed E-state index contributed by atoms with van der Waals surface area (Å²) in [6.45, 7) is -1.20. The summed E-state index contributed by atoms with van der Waals surface area (Å²) in [6.07, 6.45) is -2.74. The van der Waals surface area contributed by atoms with Crippen molar-refractivity contribution in [3.05, 3.63) is 41.2 Å². The van der Waals surface area contributed by atoms with Crippen LogP contribution in [-0.2, 0) is 19.9 Å². The number of aromatic nitrogens is 2. The van der Waals surface area contributed by atoms with Crippen LogP contribution in [0.1, 0.15) is 38.3 Å². The summed E-state index contributed by atoms with van der Waals surface area (Å²) in [7, 11) is 0. The average Bonchev–Trinajstić information content (AvgIpc) is 3.35. The van der Waals surface area contributed by atoms with Crippen molar-refractivity contribution in [2.24, 2.45) is 5.92 Å². The lowest BCUT2D eigenvalue weighted by molar-refractivity contribution is -0.180. The standard InChI is InChI=1S/C25H30ClF5N4O5/c1-15(2)19-5-8-32-35(19)24(22(38)33-18-4-3-17(26)11-20(18)40-23(27)28)6-9-34(10-7-24)12-16(21(36)37)13-39-14-25(29,30)31/h3-5,8,11,15-16,23H,6-7,9-10,12-14H2,1-2H3,(H,33,38)(H,36,37)/t16-/m0/s1. The number of piperidine rings is 1. The van der Waals surface area contributed by atoms with Crippen LogP contribution in [0, 0.1) is 5.92 Å². The van der Waals surface area contributed by atoms with Crippen molar-refractivity contribution in [1.29, 1.82) is 0 Å². The summed E-state index contributed by atoms with van der Waals surface area (Å²) < 4.78 is 74.0. The molecule has 0 aliphatic carbocycles. The van der Waals surface area contributed by atoms with E-state index in [1.54, 1.807) is 21.8 Å². The number of benzene rings is 1. The minimum absolute atomic E-state index is 0.0255. The van der Waals surface area contributed by atoms with E-state index in [-0.39, 0.29) is 54.9 Å². The second-order valence-corrected chi connectivity index (χ2v) is 10.2. The number of carbonyl (C=O) groups is 2. The Morgan fingerprint density at radius 1 is 1.20 bits per heavy atom. The number of ether oxygens (including phenoxy) is 2. The van der Waals surface area contributed by atoms with E-state index in [2.05, 4.69) is 19.9 Å². The van der Waals surface area contributed by atoms with Crippen LogP contribution in [0.15, 0.2) is 30.5 Å². The minimum Gasteiger partial charge on any atom is -0.481 e. The van der Waals surface area contributed by atoms with Gasteiger partial charge < -0.3 is 24.8 Å². The summed E-state index contributed by atoms with van der Waals surface area (Å²) in [5, 5.41) is 16.7. The molecule has 0 spiro atoms. The molecule has 2 heterocycles. The number of rotatable bonds is 12. The molecule has 0 bridgehead atoms. The Balaban J connectivity index is 1.83. The first-order valence-corrected chi connectivity index (χ1v) is 12.8. The summed E-state index contributed by atoms with van der Waals surface area (Å²) >= 11 is 5.92. The number of carboxylic acids is 1. The van der Waals surface area contributed by atoms with Gasteiger partial charge in [-0.05, 0) is 37.0 Å². The average molecular weight is 597 g/mol. The Labute approximate surface area is 232 Å². The van der Waals surface area contributed by atoms with Gasteiger partial charge in [0.2, 0.25) is 0 Å². The maximum Gasteiger partial charge on any atom is 0.411 e. The number of alkyl halides is 5. The van der Waals surface area contributed by atoms with Gasteiger partial charge in [-0.25, -0.2) is 0 Å². The Hall–Kier alpha value is -2.97. The number of hydrogen-bond donors (Lipinski definition) is 2. The van der Waals surface area contributed by atoms with Crippen molar-refractivity contribution in [2.75, 3.05) is 38.2 Å². The molecule has 2 N–H and O–H groups in total. The number of likely N-dealkylation sites (tertiary alicyclic amines) is 1. The zero-order chi connectivity index (χ0) is 29.7. The first-order valence-electron chi connectivity index (χ1n) is 12.4. The zero-order valence-corrected chi connectivity index (χ0v) is 22.5. The third-order valence-electron chi connectivity index (χ3n) is 6.60. The Morgan fingerprint density at radius 3 is 2.45 bits per heavy atom. The van der Waals surface area contributed by atoms with Crippen molar-refractivity contribution < 1.29 is 46.1 Å². The van der Waals surface area contributed by atoms with E-state index in [9.17, 15) is 36.6 Å². The van der Waals surface area contributed by atoms with Gasteiger partial charge in [-0.2, -0.15) is 27.1 Å². The van der Waals surface area contributed by atoms with E-state index in [0.717, 1.165) is 11.8 Å². The first kappa shape index (κ1) is 31.6. The quantitative estimate of drug-likeness (QED) is 0.333. The maximum absolute atomic E-state index is 13.9. The summed E-state index contributed by atoms with van der Waals surface area (Å²) in [5.74, 6) is -3.43. The highest BCUT2D eigenvalue weighted by Gasteiger charge is 2.46.